The van der Waals surface area contributed by atoms with Gasteiger partial charge >= 0.3 is 6.09 Å². The molecule has 0 radical (unpaired) electrons. The first kappa shape index (κ1) is 12.2. The number of hydrogen-bond donors (Lipinski definition) is 3. The van der Waals surface area contributed by atoms with Crippen LogP contribution in [-0.4, -0.2) is 35.4 Å². The van der Waals surface area contributed by atoms with Crippen molar-refractivity contribution in [1.82, 2.24) is 10.6 Å². The minimum absolute atomic E-state index is 0.103. The Morgan fingerprint density at radius 2 is 2.20 bits per heavy atom. The van der Waals surface area contributed by atoms with Gasteiger partial charge in [0, 0.05) is 5.75 Å². The summed E-state index contributed by atoms with van der Waals surface area (Å²) in [6.07, 6.45) is -0.575. The second-order valence-corrected chi connectivity index (χ2v) is 4.79. The minimum Gasteiger partial charge on any atom is -0.444 e. The molecular formula is C9H16N2O3S. The van der Waals surface area contributed by atoms with Crippen molar-refractivity contribution in [2.45, 2.75) is 38.5 Å². The van der Waals surface area contributed by atoms with Crippen LogP contribution in [0.2, 0.25) is 0 Å². The van der Waals surface area contributed by atoms with Gasteiger partial charge in [0.25, 0.3) is 0 Å². The molecule has 0 bridgehead atoms. The standard InChI is InChI=1S/C9H16N2O3S/c1-9(2,3)14-8(13)11-6-5(4-15)10-7(6)12/h5-6,15H,4H2,1-3H3,(H,10,12)(H,11,13). The molecule has 1 fully saturated rings. The molecule has 1 saturated heterocycles. The zero-order valence-electron chi connectivity index (χ0n) is 9.03. The number of carbonyl (C=O) groups is 2. The lowest BCUT2D eigenvalue weighted by molar-refractivity contribution is -0.131. The molecule has 1 rings (SSSR count). The third-order valence-corrected chi connectivity index (χ3v) is 2.27. The quantitative estimate of drug-likeness (QED) is 0.474. The SMILES string of the molecule is CC(C)(C)OC(=O)NC1C(=O)NC1CS. The first-order valence-electron chi connectivity index (χ1n) is 4.74. The molecule has 1 heterocycles. The Balaban J connectivity index is 2.41. The lowest BCUT2D eigenvalue weighted by atomic mass is 10.0. The van der Waals surface area contributed by atoms with Gasteiger partial charge < -0.3 is 15.4 Å². The predicted molar refractivity (Wildman–Crippen MR) is 58.9 cm³/mol. The molecule has 5 nitrogen and oxygen atoms in total. The van der Waals surface area contributed by atoms with Crippen LogP contribution in [0.1, 0.15) is 20.8 Å². The third-order valence-electron chi connectivity index (χ3n) is 1.88. The number of carbonyl (C=O) groups excluding carboxylic acids is 2. The molecule has 86 valence electrons. The number of β-lactam (4-membered cyclic amide) rings is 1. The lowest BCUT2D eigenvalue weighted by Gasteiger charge is -2.36. The molecule has 6 heteroatoms. The van der Waals surface area contributed by atoms with E-state index in [1.165, 1.54) is 0 Å². The maximum absolute atomic E-state index is 11.3. The second-order valence-electron chi connectivity index (χ2n) is 4.42. The first-order chi connectivity index (χ1) is 6.83. The molecule has 15 heavy (non-hydrogen) atoms. The molecule has 0 aromatic rings. The van der Waals surface area contributed by atoms with Gasteiger partial charge in [-0.05, 0) is 20.8 Å². The van der Waals surface area contributed by atoms with Crippen molar-refractivity contribution < 1.29 is 14.3 Å². The maximum Gasteiger partial charge on any atom is 0.408 e. The van der Waals surface area contributed by atoms with E-state index in [0.717, 1.165) is 0 Å². The van der Waals surface area contributed by atoms with Gasteiger partial charge in [-0.25, -0.2) is 4.79 Å². The van der Waals surface area contributed by atoms with Crippen molar-refractivity contribution in [2.75, 3.05) is 5.75 Å². The van der Waals surface area contributed by atoms with Crippen LogP contribution in [-0.2, 0) is 9.53 Å². The molecule has 0 saturated carbocycles. The predicted octanol–water partition coefficient (Wildman–Crippen LogP) is 0.308. The van der Waals surface area contributed by atoms with Gasteiger partial charge in [-0.2, -0.15) is 12.6 Å². The van der Waals surface area contributed by atoms with Gasteiger partial charge in [0.05, 0.1) is 6.04 Å². The zero-order valence-corrected chi connectivity index (χ0v) is 9.93. The highest BCUT2D eigenvalue weighted by Gasteiger charge is 2.40. The van der Waals surface area contributed by atoms with Gasteiger partial charge in [-0.1, -0.05) is 0 Å². The van der Waals surface area contributed by atoms with E-state index in [4.69, 9.17) is 4.74 Å². The van der Waals surface area contributed by atoms with Crippen molar-refractivity contribution >= 4 is 24.6 Å². The largest absolute Gasteiger partial charge is 0.444 e. The van der Waals surface area contributed by atoms with Crippen molar-refractivity contribution in [1.29, 1.82) is 0 Å². The summed E-state index contributed by atoms with van der Waals surface area (Å²) in [5.41, 5.74) is -0.555. The van der Waals surface area contributed by atoms with E-state index in [2.05, 4.69) is 23.3 Å². The summed E-state index contributed by atoms with van der Waals surface area (Å²) in [5.74, 6) is 0.298. The first-order valence-corrected chi connectivity index (χ1v) is 5.37. The molecule has 1 aliphatic rings. The van der Waals surface area contributed by atoms with E-state index in [1.54, 1.807) is 20.8 Å². The maximum atomic E-state index is 11.3. The lowest BCUT2D eigenvalue weighted by Crippen LogP contribution is -2.70. The molecule has 0 aliphatic carbocycles. The average molecular weight is 232 g/mol. The molecule has 2 N–H and O–H groups in total. The van der Waals surface area contributed by atoms with Gasteiger partial charge in [-0.15, -0.1) is 0 Å². The summed E-state index contributed by atoms with van der Waals surface area (Å²) in [6.45, 7) is 5.30. The monoisotopic (exact) mass is 232 g/mol. The van der Waals surface area contributed by atoms with Crippen LogP contribution in [0.25, 0.3) is 0 Å². The molecule has 2 unspecified atom stereocenters. The van der Waals surface area contributed by atoms with Crippen LogP contribution in [0.4, 0.5) is 4.79 Å². The Hall–Kier alpha value is -0.910. The van der Waals surface area contributed by atoms with Gasteiger partial charge in [0.15, 0.2) is 0 Å². The fourth-order valence-corrected chi connectivity index (χ4v) is 1.50. The highest BCUT2D eigenvalue weighted by atomic mass is 32.1. The fraction of sp³-hybridized carbons (Fsp3) is 0.778. The van der Waals surface area contributed by atoms with Gasteiger partial charge in [0.1, 0.15) is 11.6 Å². The summed E-state index contributed by atoms with van der Waals surface area (Å²) in [7, 11) is 0. The molecule has 1 aliphatic heterocycles. The van der Waals surface area contributed by atoms with E-state index in [1.807, 2.05) is 0 Å². The summed E-state index contributed by atoms with van der Waals surface area (Å²) < 4.78 is 5.03. The van der Waals surface area contributed by atoms with E-state index < -0.39 is 17.7 Å². The Labute approximate surface area is 94.3 Å². The summed E-state index contributed by atoms with van der Waals surface area (Å²) in [5, 5.41) is 5.13. The number of thiol groups is 1. The minimum atomic E-state index is -0.575. The topological polar surface area (TPSA) is 67.4 Å². The van der Waals surface area contributed by atoms with Crippen molar-refractivity contribution in [2.24, 2.45) is 0 Å². The second kappa shape index (κ2) is 4.30. The van der Waals surface area contributed by atoms with Crippen molar-refractivity contribution in [3.05, 3.63) is 0 Å². The number of hydrogen-bond acceptors (Lipinski definition) is 4. The zero-order chi connectivity index (χ0) is 11.6. The normalized spacial score (nSPS) is 25.2. The Kier molecular flexibility index (Phi) is 3.49. The van der Waals surface area contributed by atoms with E-state index in [0.29, 0.717) is 5.75 Å². The Morgan fingerprint density at radius 3 is 2.60 bits per heavy atom. The average Bonchev–Trinajstić information content (AvgIpc) is 2.07. The van der Waals surface area contributed by atoms with Gasteiger partial charge in [-0.3, -0.25) is 4.79 Å². The fourth-order valence-electron chi connectivity index (χ4n) is 1.19. The van der Waals surface area contributed by atoms with Crippen LogP contribution in [0.5, 0.6) is 0 Å². The summed E-state index contributed by atoms with van der Waals surface area (Å²) in [4.78, 5) is 22.4. The molecular weight excluding hydrogens is 216 g/mol. The van der Waals surface area contributed by atoms with E-state index in [-0.39, 0.29) is 11.9 Å². The van der Waals surface area contributed by atoms with Crippen LogP contribution in [0, 0.1) is 0 Å². The number of ether oxygens (including phenoxy) is 1. The third kappa shape index (κ3) is 3.30. The molecule has 2 atom stereocenters. The Morgan fingerprint density at radius 1 is 1.60 bits per heavy atom. The van der Waals surface area contributed by atoms with E-state index in [9.17, 15) is 9.59 Å². The highest BCUT2D eigenvalue weighted by molar-refractivity contribution is 7.80. The number of nitrogens with one attached hydrogen (secondary N) is 2. The molecule has 0 aromatic heterocycles. The van der Waals surface area contributed by atoms with Gasteiger partial charge in [0.2, 0.25) is 5.91 Å². The number of amides is 2. The molecule has 0 aromatic carbocycles. The number of rotatable bonds is 2. The van der Waals surface area contributed by atoms with Crippen LogP contribution in [0.3, 0.4) is 0 Å². The smallest absolute Gasteiger partial charge is 0.408 e. The summed E-state index contributed by atoms with van der Waals surface area (Å²) in [6, 6.07) is -0.620. The highest BCUT2D eigenvalue weighted by Crippen LogP contribution is 2.11. The molecule has 0 spiro atoms. The van der Waals surface area contributed by atoms with Crippen LogP contribution < -0.4 is 10.6 Å². The molecule has 2 amide bonds. The summed E-state index contributed by atoms with van der Waals surface area (Å²) >= 11 is 4.05. The van der Waals surface area contributed by atoms with Crippen molar-refractivity contribution in [3.63, 3.8) is 0 Å². The van der Waals surface area contributed by atoms with Crippen molar-refractivity contribution in [3.8, 4) is 0 Å². The Bertz CT molecular complexity index is 275. The van der Waals surface area contributed by atoms with Crippen LogP contribution >= 0.6 is 12.6 Å². The number of alkyl carbamates (subject to hydrolysis) is 1. The van der Waals surface area contributed by atoms with E-state index >= 15 is 0 Å². The van der Waals surface area contributed by atoms with Crippen LogP contribution in [0.15, 0.2) is 0 Å².